The number of aromatic amines is 1. The Kier molecular flexibility index (Phi) is 12.5. The van der Waals surface area contributed by atoms with E-state index in [1.807, 2.05) is 30.3 Å². The molecule has 9 atom stereocenters. The summed E-state index contributed by atoms with van der Waals surface area (Å²) in [7, 11) is 0. The molecule has 6 aromatic rings. The van der Waals surface area contributed by atoms with Crippen molar-refractivity contribution in [2.75, 3.05) is 25.6 Å². The van der Waals surface area contributed by atoms with E-state index in [9.17, 15) is 50.4 Å². The van der Waals surface area contributed by atoms with Crippen molar-refractivity contribution < 1.29 is 69.0 Å². The molecule has 10 rings (SSSR count). The van der Waals surface area contributed by atoms with Crippen molar-refractivity contribution in [3.8, 4) is 40.1 Å². The third-order valence-electron chi connectivity index (χ3n) is 14.2. The standard InChI is InChI=1S/C52H54N4O15/c53-40-16-15-33(56-40)43(60)39(25-57)67-32-13-11-28(12-14-32)36-21-35(59)41-37(68-36)22-38(45(44(41)61)71-50(17-4-5-18-50)30-9-6-10-31(58)20-30)69-49-51(65)23-29(19-27-7-2-1-3-8-27)42(34-24-54-26-55-34)52(66,48(51)64)46(70-49)47(62)63/h1-3,6-16,20-23,34,39,42-43,46,48-49,54-58,60-61,64-66H,4-5,17-19,24-26,53H2,(H,62,63)/t34-,39+,42+,43-,46-,48+,49-,51-,52-/m1/s1. The van der Waals surface area contributed by atoms with E-state index < -0.39 is 94.7 Å². The highest BCUT2D eigenvalue weighted by atomic mass is 16.7. The van der Waals surface area contributed by atoms with Gasteiger partial charge >= 0.3 is 5.97 Å². The van der Waals surface area contributed by atoms with Gasteiger partial charge in [-0.3, -0.25) is 10.1 Å². The number of aliphatic hydroxyl groups is 5. The summed E-state index contributed by atoms with van der Waals surface area (Å²) in [5.41, 5.74) is 0.732. The first kappa shape index (κ1) is 47.7. The molecule has 1 saturated carbocycles. The predicted octanol–water partition coefficient (Wildman–Crippen LogP) is 3.43. The molecule has 2 saturated heterocycles. The minimum absolute atomic E-state index is 0.0153. The zero-order valence-corrected chi connectivity index (χ0v) is 38.1. The van der Waals surface area contributed by atoms with E-state index in [1.54, 1.807) is 36.4 Å². The van der Waals surface area contributed by atoms with Gasteiger partial charge in [0.15, 0.2) is 34.7 Å². The van der Waals surface area contributed by atoms with E-state index in [0.29, 0.717) is 67.1 Å². The first-order valence-corrected chi connectivity index (χ1v) is 23.3. The molecule has 2 aliphatic heterocycles. The average Bonchev–Trinajstić information content (AvgIpc) is 4.16. The maximum absolute atomic E-state index is 14.2. The van der Waals surface area contributed by atoms with Crippen molar-refractivity contribution in [3.63, 3.8) is 0 Å². The number of nitrogen functional groups attached to an aromatic ring is 1. The largest absolute Gasteiger partial charge is 0.508 e. The second kappa shape index (κ2) is 18.7. The van der Waals surface area contributed by atoms with Crippen LogP contribution in [0.15, 0.2) is 124 Å². The smallest absolute Gasteiger partial charge is 0.336 e. The summed E-state index contributed by atoms with van der Waals surface area (Å²) in [6.07, 6.45) is -5.26. The lowest BCUT2D eigenvalue weighted by atomic mass is 9.59. The Morgan fingerprint density at radius 3 is 2.37 bits per heavy atom. The molecule has 4 aliphatic rings. The number of fused-ring (bicyclic) bond motifs is 3. The van der Waals surface area contributed by atoms with Gasteiger partial charge < -0.3 is 80.3 Å². The highest BCUT2D eigenvalue weighted by molar-refractivity contribution is 5.90. The third-order valence-corrected chi connectivity index (χ3v) is 14.2. The molecule has 0 amide bonds. The van der Waals surface area contributed by atoms with Crippen molar-refractivity contribution in [1.29, 1.82) is 0 Å². The van der Waals surface area contributed by atoms with E-state index in [0.717, 1.165) is 11.6 Å². The minimum Gasteiger partial charge on any atom is -0.508 e. The second-order valence-electron chi connectivity index (χ2n) is 18.7. The number of phenols is 2. The number of hydrogen-bond donors (Lipinski definition) is 12. The Balaban J connectivity index is 1.08. The minimum atomic E-state index is -2.65. The van der Waals surface area contributed by atoms with Gasteiger partial charge in [0.2, 0.25) is 12.0 Å². The van der Waals surface area contributed by atoms with Crippen LogP contribution < -0.4 is 36.0 Å². The summed E-state index contributed by atoms with van der Waals surface area (Å²) in [5, 5.41) is 98.4. The quantitative estimate of drug-likeness (QED) is 0.0656. The van der Waals surface area contributed by atoms with Crippen molar-refractivity contribution >= 4 is 22.8 Å². The van der Waals surface area contributed by atoms with Gasteiger partial charge in [-0.15, -0.1) is 0 Å². The number of ether oxygens (including phenoxy) is 4. The van der Waals surface area contributed by atoms with Crippen LogP contribution in [0.2, 0.25) is 0 Å². The van der Waals surface area contributed by atoms with E-state index >= 15 is 0 Å². The lowest BCUT2D eigenvalue weighted by Crippen LogP contribution is -2.79. The number of aromatic hydroxyl groups is 2. The summed E-state index contributed by atoms with van der Waals surface area (Å²) in [4.78, 5) is 30.3. The number of aliphatic hydroxyl groups excluding tert-OH is 3. The monoisotopic (exact) mass is 974 g/mol. The predicted molar refractivity (Wildman–Crippen MR) is 254 cm³/mol. The second-order valence-corrected chi connectivity index (χ2v) is 18.7. The molecule has 19 heteroatoms. The number of carboxylic acids is 1. The molecule has 2 aromatic heterocycles. The Bertz CT molecular complexity index is 3020. The molecule has 3 fully saturated rings. The number of H-pyrrole nitrogens is 1. The van der Waals surface area contributed by atoms with Crippen LogP contribution in [0.1, 0.15) is 48.6 Å². The molecule has 4 aromatic carbocycles. The fourth-order valence-corrected chi connectivity index (χ4v) is 10.8. The number of benzene rings is 4. The number of nitrogens with one attached hydrogen (secondary N) is 3. The fraction of sp³-hybridized carbons (Fsp3) is 0.346. The van der Waals surface area contributed by atoms with Gasteiger partial charge in [0, 0.05) is 48.6 Å². The molecule has 71 heavy (non-hydrogen) atoms. The summed E-state index contributed by atoms with van der Waals surface area (Å²) in [6.45, 7) is 0.0776. The Labute approximate surface area is 405 Å². The number of rotatable bonds is 15. The summed E-state index contributed by atoms with van der Waals surface area (Å²) in [6, 6.07) is 26.6. The lowest BCUT2D eigenvalue weighted by Gasteiger charge is -2.58. The van der Waals surface area contributed by atoms with E-state index in [-0.39, 0.29) is 34.6 Å². The molecule has 19 nitrogen and oxygen atoms in total. The molecule has 0 unspecified atom stereocenters. The van der Waals surface area contributed by atoms with Crippen LogP contribution >= 0.6 is 0 Å². The first-order chi connectivity index (χ1) is 34.1. The van der Waals surface area contributed by atoms with Crippen molar-refractivity contribution in [3.05, 3.63) is 142 Å². The van der Waals surface area contributed by atoms with Crippen molar-refractivity contribution in [1.82, 2.24) is 15.6 Å². The van der Waals surface area contributed by atoms with Gasteiger partial charge in [0.05, 0.1) is 6.61 Å². The molecular weight excluding hydrogens is 921 g/mol. The van der Waals surface area contributed by atoms with Gasteiger partial charge in [-0.25, -0.2) is 4.79 Å². The molecule has 13 N–H and O–H groups in total. The van der Waals surface area contributed by atoms with Crippen LogP contribution in [0.25, 0.3) is 22.3 Å². The molecule has 0 radical (unpaired) electrons. The van der Waals surface area contributed by atoms with Crippen LogP contribution in [-0.4, -0.2) is 113 Å². The summed E-state index contributed by atoms with van der Waals surface area (Å²) < 4.78 is 31.6. The molecule has 4 heterocycles. The van der Waals surface area contributed by atoms with Crippen LogP contribution in [0.4, 0.5) is 5.82 Å². The molecular formula is C52H54N4O15. The normalized spacial score (nSPS) is 26.7. The summed E-state index contributed by atoms with van der Waals surface area (Å²) in [5.74, 6) is -3.76. The zero-order chi connectivity index (χ0) is 49.8. The van der Waals surface area contributed by atoms with E-state index in [2.05, 4.69) is 15.6 Å². The Morgan fingerprint density at radius 1 is 0.944 bits per heavy atom. The van der Waals surface area contributed by atoms with E-state index in [1.165, 1.54) is 36.4 Å². The number of aliphatic carboxylic acids is 1. The van der Waals surface area contributed by atoms with E-state index in [4.69, 9.17) is 29.1 Å². The van der Waals surface area contributed by atoms with Crippen molar-refractivity contribution in [2.45, 2.75) is 85.7 Å². The van der Waals surface area contributed by atoms with Crippen molar-refractivity contribution in [2.24, 2.45) is 5.92 Å². The Morgan fingerprint density at radius 2 is 1.70 bits per heavy atom. The summed E-state index contributed by atoms with van der Waals surface area (Å²) >= 11 is 0. The number of phenolic OH excluding ortho intramolecular Hbond substituents is 2. The van der Waals surface area contributed by atoms with Gasteiger partial charge in [-0.05, 0) is 97.8 Å². The number of hydrogen-bond acceptors (Lipinski definition) is 17. The Hall–Kier alpha value is -6.94. The molecule has 372 valence electrons. The van der Waals surface area contributed by atoms with Crippen LogP contribution in [0.5, 0.6) is 28.7 Å². The number of carbonyl (C=O) groups is 1. The van der Waals surface area contributed by atoms with Crippen LogP contribution in [0, 0.1) is 5.92 Å². The van der Waals surface area contributed by atoms with Crippen LogP contribution in [-0.2, 0) is 21.6 Å². The van der Waals surface area contributed by atoms with Gasteiger partial charge in [0.1, 0.15) is 57.5 Å². The van der Waals surface area contributed by atoms with Crippen LogP contribution in [0.3, 0.4) is 0 Å². The molecule has 2 aliphatic carbocycles. The number of carboxylic acid groups (broad SMARTS) is 1. The highest BCUT2D eigenvalue weighted by Gasteiger charge is 2.71. The first-order valence-electron chi connectivity index (χ1n) is 23.3. The maximum Gasteiger partial charge on any atom is 0.336 e. The number of anilines is 1. The topological polar surface area (TPSA) is 312 Å². The van der Waals surface area contributed by atoms with Gasteiger partial charge in [0.25, 0.3) is 0 Å². The SMILES string of the molecule is Nc1ccc([C@@H](O)[C@H](CO)Oc2ccc(-c3cc(=O)c4c(O)c(OC5(c6cccc(O)c6)CCCC5)c(O[C@@H]5O[C@H](C(=O)O)[C@]6(O)[C@H]([C@H]7CNCN7)C(Cc7ccccc7)=C[C@@]5(O)[C@@H]6O)cc4o3)cc2)[nH]1. The third kappa shape index (κ3) is 8.53. The molecule has 2 bridgehead atoms. The lowest BCUT2D eigenvalue weighted by molar-refractivity contribution is -0.344. The highest BCUT2D eigenvalue weighted by Crippen LogP contribution is 2.54. The van der Waals surface area contributed by atoms with Gasteiger partial charge in [-0.1, -0.05) is 48.0 Å². The molecule has 0 spiro atoms. The zero-order valence-electron chi connectivity index (χ0n) is 38.1. The van der Waals surface area contributed by atoms with Gasteiger partial charge in [-0.2, -0.15) is 0 Å². The fourth-order valence-electron chi connectivity index (χ4n) is 10.8. The number of nitrogens with two attached hydrogens (primary N) is 1. The maximum atomic E-state index is 14.2. The number of aromatic nitrogens is 1. The average molecular weight is 975 g/mol.